The Bertz CT molecular complexity index is 1300. The van der Waals surface area contributed by atoms with Gasteiger partial charge in [0.05, 0.1) is 11.6 Å². The molecule has 1 amide bonds. The minimum atomic E-state index is -2.38. The normalized spacial score (nSPS) is 32.0. The van der Waals surface area contributed by atoms with Crippen LogP contribution in [0.5, 0.6) is 5.75 Å². The Morgan fingerprint density at radius 2 is 1.97 bits per heavy atom. The lowest BCUT2D eigenvalue weighted by atomic mass is 9.60. The fourth-order valence-corrected chi connectivity index (χ4v) is 6.37. The molecule has 0 bridgehead atoms. The maximum absolute atomic E-state index is 13.7. The Hall–Kier alpha value is -3.29. The first kappa shape index (κ1) is 25.4. The van der Waals surface area contributed by atoms with Crippen molar-refractivity contribution in [1.29, 1.82) is 0 Å². The number of aliphatic hydroxyl groups is 3. The smallest absolute Gasteiger partial charge is 0.253 e. The van der Waals surface area contributed by atoms with Gasteiger partial charge in [0.2, 0.25) is 5.79 Å². The fraction of sp³-hybridized carbons (Fsp3) is 0.480. The van der Waals surface area contributed by atoms with Gasteiger partial charge in [0.15, 0.2) is 17.2 Å². The van der Waals surface area contributed by atoms with Gasteiger partial charge in [-0.2, -0.15) is 5.48 Å². The number of carbonyl (C=O) groups excluding carboxylic acids is 3. The van der Waals surface area contributed by atoms with E-state index in [1.807, 2.05) is 0 Å². The Morgan fingerprint density at radius 1 is 1.27 bits per heavy atom. The lowest BCUT2D eigenvalue weighted by Gasteiger charge is -2.46. The Labute approximate surface area is 211 Å². The van der Waals surface area contributed by atoms with E-state index in [0.29, 0.717) is 11.1 Å². The first-order valence-corrected chi connectivity index (χ1v) is 11.8. The number of rotatable bonds is 7. The quantitative estimate of drug-likeness (QED) is 0.161. The van der Waals surface area contributed by atoms with Gasteiger partial charge in [0, 0.05) is 18.0 Å². The standard InChI is InChI=1S/C25H29N3O9/c1-10(29)9-36-27-8-11-4-5-15(30)17-13(11)6-12-7-14-19(28(2)3)21(32)18(23(26)34)25(35)24(14,37-25)22(33)16(12)20(17)31/h4-5,12,14,19,27,30,32-33,35H,6-9H2,1-3H3,(H2,26,34)/t12-,14-,19-,24-,25?/m0/s1. The van der Waals surface area contributed by atoms with Crippen molar-refractivity contribution >= 4 is 17.5 Å². The average molecular weight is 516 g/mol. The van der Waals surface area contributed by atoms with Crippen LogP contribution in [0.25, 0.3) is 0 Å². The molecule has 0 aromatic heterocycles. The number of aliphatic hydroxyl groups excluding tert-OH is 2. The van der Waals surface area contributed by atoms with E-state index in [9.17, 15) is 34.8 Å². The zero-order valence-electron chi connectivity index (χ0n) is 20.6. The van der Waals surface area contributed by atoms with Crippen LogP contribution >= 0.6 is 0 Å². The zero-order valence-corrected chi connectivity index (χ0v) is 20.6. The molecule has 7 N–H and O–H groups in total. The Balaban J connectivity index is 1.59. The summed E-state index contributed by atoms with van der Waals surface area (Å²) in [5, 5.41) is 44.3. The Kier molecular flexibility index (Phi) is 5.73. The molecule has 1 aromatic carbocycles. The van der Waals surface area contributed by atoms with Crippen LogP contribution in [0, 0.1) is 11.8 Å². The number of carbonyl (C=O) groups is 3. The maximum Gasteiger partial charge on any atom is 0.253 e. The average Bonchev–Trinajstić information content (AvgIpc) is 3.42. The maximum atomic E-state index is 13.7. The van der Waals surface area contributed by atoms with Crippen molar-refractivity contribution in [2.75, 3.05) is 20.7 Å². The van der Waals surface area contributed by atoms with E-state index in [-0.39, 0.29) is 48.7 Å². The highest BCUT2D eigenvalue weighted by molar-refractivity contribution is 6.14. The largest absolute Gasteiger partial charge is 0.510 e. The number of nitrogens with one attached hydrogen (secondary N) is 1. The molecule has 4 aliphatic rings. The number of ether oxygens (including phenoxy) is 1. The lowest BCUT2D eigenvalue weighted by Crippen LogP contribution is -2.57. The minimum absolute atomic E-state index is 0.0104. The van der Waals surface area contributed by atoms with E-state index in [0.717, 1.165) is 0 Å². The summed E-state index contributed by atoms with van der Waals surface area (Å²) in [6.45, 7) is 1.41. The number of ketones is 2. The minimum Gasteiger partial charge on any atom is -0.510 e. The number of hydrogen-bond donors (Lipinski definition) is 6. The van der Waals surface area contributed by atoms with Gasteiger partial charge in [-0.25, -0.2) is 0 Å². The summed E-state index contributed by atoms with van der Waals surface area (Å²) in [7, 11) is 3.33. The van der Waals surface area contributed by atoms with Crippen LogP contribution in [0.3, 0.4) is 0 Å². The van der Waals surface area contributed by atoms with Crippen LogP contribution in [-0.4, -0.2) is 80.9 Å². The number of phenolic OH excluding ortho intramolecular Hbond substituents is 1. The lowest BCUT2D eigenvalue weighted by molar-refractivity contribution is -0.124. The second kappa shape index (κ2) is 8.36. The number of Topliss-reactive ketones (excluding diaryl/α,β-unsaturated/α-hetero) is 2. The highest BCUT2D eigenvalue weighted by atomic mass is 16.8. The van der Waals surface area contributed by atoms with Crippen molar-refractivity contribution in [3.05, 3.63) is 51.5 Å². The summed E-state index contributed by atoms with van der Waals surface area (Å²) in [6.07, 6.45) is 0.478. The number of benzene rings is 1. The zero-order chi connectivity index (χ0) is 27.0. The van der Waals surface area contributed by atoms with Gasteiger partial charge in [-0.1, -0.05) is 6.07 Å². The molecule has 3 aliphatic carbocycles. The van der Waals surface area contributed by atoms with E-state index in [2.05, 4.69) is 5.48 Å². The molecular weight excluding hydrogens is 486 g/mol. The third kappa shape index (κ3) is 3.37. The van der Waals surface area contributed by atoms with Crippen molar-refractivity contribution in [3.8, 4) is 5.75 Å². The van der Waals surface area contributed by atoms with Crippen LogP contribution in [-0.2, 0) is 32.1 Å². The van der Waals surface area contributed by atoms with Crippen LogP contribution in [0.4, 0.5) is 0 Å². The van der Waals surface area contributed by atoms with Crippen molar-refractivity contribution in [2.24, 2.45) is 17.6 Å². The second-order valence-electron chi connectivity index (χ2n) is 10.3. The van der Waals surface area contributed by atoms with Crippen molar-refractivity contribution in [1.82, 2.24) is 10.4 Å². The first-order chi connectivity index (χ1) is 17.4. The van der Waals surface area contributed by atoms with Crippen molar-refractivity contribution < 1.29 is 44.4 Å². The molecule has 1 spiro atoms. The number of likely N-dealkylation sites (N-methyl/N-ethyl adjacent to an activating group) is 1. The van der Waals surface area contributed by atoms with E-state index < -0.39 is 58.0 Å². The van der Waals surface area contributed by atoms with E-state index >= 15 is 0 Å². The number of hydrogen-bond acceptors (Lipinski definition) is 11. The topological polar surface area (TPSA) is 195 Å². The summed E-state index contributed by atoms with van der Waals surface area (Å²) < 4.78 is 5.65. The Morgan fingerprint density at radius 3 is 2.59 bits per heavy atom. The molecule has 12 nitrogen and oxygen atoms in total. The molecule has 1 fully saturated rings. The van der Waals surface area contributed by atoms with Gasteiger partial charge in [0.1, 0.15) is 29.4 Å². The number of aromatic hydroxyl groups is 1. The first-order valence-electron chi connectivity index (χ1n) is 11.8. The molecule has 198 valence electrons. The predicted octanol–water partition coefficient (Wildman–Crippen LogP) is -0.112. The third-order valence-electron chi connectivity index (χ3n) is 7.86. The number of primary amides is 1. The molecule has 1 aliphatic heterocycles. The van der Waals surface area contributed by atoms with Gasteiger partial charge in [-0.15, -0.1) is 0 Å². The van der Waals surface area contributed by atoms with E-state index in [4.69, 9.17) is 15.3 Å². The van der Waals surface area contributed by atoms with E-state index in [1.54, 1.807) is 25.1 Å². The third-order valence-corrected chi connectivity index (χ3v) is 7.86. The number of fused-ring (bicyclic) bond motifs is 2. The van der Waals surface area contributed by atoms with Crippen LogP contribution in [0.15, 0.2) is 34.8 Å². The highest BCUT2D eigenvalue weighted by Crippen LogP contribution is 2.68. The van der Waals surface area contributed by atoms with Crippen LogP contribution < -0.4 is 11.2 Å². The highest BCUT2D eigenvalue weighted by Gasteiger charge is 2.84. The summed E-state index contributed by atoms with van der Waals surface area (Å²) in [6, 6.07) is 2.17. The van der Waals surface area contributed by atoms with Gasteiger partial charge >= 0.3 is 0 Å². The fourth-order valence-electron chi connectivity index (χ4n) is 6.37. The number of phenols is 1. The van der Waals surface area contributed by atoms with Crippen molar-refractivity contribution in [3.63, 3.8) is 0 Å². The molecule has 5 atom stereocenters. The summed E-state index contributed by atoms with van der Waals surface area (Å²) >= 11 is 0. The summed E-state index contributed by atoms with van der Waals surface area (Å²) in [5.41, 5.74) is 6.97. The van der Waals surface area contributed by atoms with Crippen molar-refractivity contribution in [2.45, 2.75) is 43.7 Å². The van der Waals surface area contributed by atoms with E-state index in [1.165, 1.54) is 13.0 Å². The molecule has 37 heavy (non-hydrogen) atoms. The van der Waals surface area contributed by atoms with Crippen LogP contribution in [0.1, 0.15) is 34.8 Å². The van der Waals surface area contributed by atoms with Crippen LogP contribution in [0.2, 0.25) is 0 Å². The van der Waals surface area contributed by atoms with Gasteiger partial charge in [-0.3, -0.25) is 24.1 Å². The molecular formula is C25H29N3O9. The number of nitrogens with two attached hydrogens (primary N) is 1. The number of hydroxylamine groups is 1. The number of amides is 1. The number of epoxide rings is 1. The molecule has 0 radical (unpaired) electrons. The number of nitrogens with zero attached hydrogens (tertiary/aromatic N) is 1. The molecule has 0 saturated carbocycles. The molecule has 1 unspecified atom stereocenters. The monoisotopic (exact) mass is 515 g/mol. The number of allylic oxidation sites excluding steroid dienone is 1. The van der Waals surface area contributed by atoms with Gasteiger partial charge in [0.25, 0.3) is 5.91 Å². The molecule has 1 heterocycles. The van der Waals surface area contributed by atoms with Gasteiger partial charge in [-0.05, 0) is 57.0 Å². The molecule has 1 saturated heterocycles. The SMILES string of the molecule is CC(=O)CONCc1ccc(O)c2c1C[C@H]1C[C@H]3[C@H](N(C)C)C(O)=C(C(N)=O)C4(O)O[C@]34C(O)=C1C2=O. The summed E-state index contributed by atoms with van der Waals surface area (Å²) in [5.74, 6) is -6.79. The molecule has 12 heteroatoms. The second-order valence-corrected chi connectivity index (χ2v) is 10.3. The van der Waals surface area contributed by atoms with Gasteiger partial charge < -0.3 is 30.9 Å². The predicted molar refractivity (Wildman–Crippen MR) is 126 cm³/mol. The summed E-state index contributed by atoms with van der Waals surface area (Å²) in [4.78, 5) is 43.8. The molecule has 1 aromatic rings. The molecule has 5 rings (SSSR count).